The number of benzene rings is 3. The number of nitrogens with one attached hydrogen (secondary N) is 1. The molecule has 0 radical (unpaired) electrons. The van der Waals surface area contributed by atoms with Gasteiger partial charge in [-0.1, -0.05) is 35.3 Å². The number of non-ortho nitro benzene ring substituents is 1. The van der Waals surface area contributed by atoms with Crippen LogP contribution in [-0.4, -0.2) is 24.2 Å². The molecular weight excluding hydrogens is 549 g/mol. The van der Waals surface area contributed by atoms with Crippen molar-refractivity contribution in [2.24, 2.45) is 5.10 Å². The van der Waals surface area contributed by atoms with Gasteiger partial charge >= 0.3 is 0 Å². The van der Waals surface area contributed by atoms with Gasteiger partial charge in [-0.25, -0.2) is 5.43 Å². The van der Waals surface area contributed by atoms with E-state index in [1.165, 1.54) is 36.8 Å². The highest BCUT2D eigenvalue weighted by molar-refractivity contribution is 7.20. The molecule has 11 heteroatoms. The number of hydrazone groups is 1. The molecule has 3 aromatic carbocycles. The lowest BCUT2D eigenvalue weighted by molar-refractivity contribution is -0.384. The Kier molecular flexibility index (Phi) is 8.62. The molecule has 0 saturated carbocycles. The van der Waals surface area contributed by atoms with E-state index >= 15 is 0 Å². The fourth-order valence-electron chi connectivity index (χ4n) is 3.64. The number of thiophene rings is 1. The van der Waals surface area contributed by atoms with Crippen molar-refractivity contribution in [1.82, 2.24) is 5.43 Å². The van der Waals surface area contributed by atoms with E-state index in [0.29, 0.717) is 43.8 Å². The minimum atomic E-state index is -0.473. The number of carbonyl (C=O) groups excluding carboxylic acids is 1. The fourth-order valence-corrected chi connectivity index (χ4v) is 4.90. The molecule has 0 fully saturated rings. The van der Waals surface area contributed by atoms with Crippen molar-refractivity contribution in [1.29, 1.82) is 0 Å². The van der Waals surface area contributed by atoms with Crippen LogP contribution in [0.25, 0.3) is 10.1 Å². The number of carbonyl (C=O) groups is 1. The minimum absolute atomic E-state index is 0.0334. The molecule has 0 saturated heterocycles. The topological polar surface area (TPSA) is 103 Å². The maximum atomic E-state index is 12.6. The molecule has 0 bridgehead atoms. The molecule has 38 heavy (non-hydrogen) atoms. The number of amides is 1. The van der Waals surface area contributed by atoms with Gasteiger partial charge in [0.1, 0.15) is 6.61 Å². The Morgan fingerprint density at radius 3 is 2.68 bits per heavy atom. The molecule has 0 aliphatic rings. The maximum Gasteiger partial charge on any atom is 0.281 e. The van der Waals surface area contributed by atoms with Crippen LogP contribution in [0.5, 0.6) is 11.5 Å². The number of fused-ring (bicyclic) bond motifs is 1. The molecular formula is C27H21Cl2N3O5S. The van der Waals surface area contributed by atoms with Gasteiger partial charge in [0.2, 0.25) is 0 Å². The molecule has 0 unspecified atom stereocenters. The third-order valence-corrected chi connectivity index (χ3v) is 7.27. The molecule has 0 aliphatic carbocycles. The molecule has 8 nitrogen and oxygen atoms in total. The van der Waals surface area contributed by atoms with Crippen LogP contribution in [-0.2, 0) is 13.0 Å². The SMILES string of the molecule is C=CCc1cc(/C=N\NC(=O)c2cc3cc([N+](=O)[O-])ccc3s2)cc(OC)c1OCc1ccc(Cl)c(Cl)c1. The Morgan fingerprint density at radius 2 is 1.97 bits per heavy atom. The highest BCUT2D eigenvalue weighted by atomic mass is 35.5. The van der Waals surface area contributed by atoms with Gasteiger partial charge in [0, 0.05) is 27.8 Å². The number of hydrogen-bond donors (Lipinski definition) is 1. The summed E-state index contributed by atoms with van der Waals surface area (Å²) < 4.78 is 12.4. The summed E-state index contributed by atoms with van der Waals surface area (Å²) in [6.45, 7) is 4.07. The number of halogens is 2. The molecule has 0 atom stereocenters. The lowest BCUT2D eigenvalue weighted by atomic mass is 10.1. The standard InChI is InChI=1S/C27H21Cl2N3O5S/c1-3-4-18-9-17(11-23(36-2)26(18)37-15-16-5-7-21(28)22(29)10-16)14-30-31-27(33)25-13-19-12-20(32(34)35)6-8-24(19)38-25/h3,5-14H,1,4,15H2,2H3,(H,31,33)/b30-14-. The summed E-state index contributed by atoms with van der Waals surface area (Å²) in [6.07, 6.45) is 3.75. The van der Waals surface area contributed by atoms with Gasteiger partial charge in [-0.15, -0.1) is 17.9 Å². The number of ether oxygens (including phenoxy) is 2. The average Bonchev–Trinajstić information content (AvgIpc) is 3.33. The number of methoxy groups -OCH3 is 1. The summed E-state index contributed by atoms with van der Waals surface area (Å²) in [5, 5.41) is 16.6. The quantitative estimate of drug-likeness (QED) is 0.0941. The number of nitrogens with zero attached hydrogens (tertiary/aromatic N) is 2. The van der Waals surface area contributed by atoms with Gasteiger partial charge < -0.3 is 9.47 Å². The number of nitro benzene ring substituents is 1. The Labute approximate surface area is 232 Å². The van der Waals surface area contributed by atoms with E-state index in [2.05, 4.69) is 17.1 Å². The predicted octanol–water partition coefficient (Wildman–Crippen LogP) is 7.20. The molecule has 0 spiro atoms. The molecule has 0 aliphatic heterocycles. The predicted molar refractivity (Wildman–Crippen MR) is 151 cm³/mol. The van der Waals surface area contributed by atoms with Crippen molar-refractivity contribution in [3.63, 3.8) is 0 Å². The van der Waals surface area contributed by atoms with Crippen molar-refractivity contribution < 1.29 is 19.2 Å². The van der Waals surface area contributed by atoms with Crippen LogP contribution < -0.4 is 14.9 Å². The zero-order valence-electron chi connectivity index (χ0n) is 20.1. The van der Waals surface area contributed by atoms with Crippen LogP contribution in [0.4, 0.5) is 5.69 Å². The number of nitro groups is 1. The number of allylic oxidation sites excluding steroid dienone is 1. The van der Waals surface area contributed by atoms with Crippen LogP contribution >= 0.6 is 34.5 Å². The first-order valence-corrected chi connectivity index (χ1v) is 12.8. The van der Waals surface area contributed by atoms with Crippen LogP contribution in [0.15, 0.2) is 72.4 Å². The van der Waals surface area contributed by atoms with Crippen molar-refractivity contribution >= 4 is 62.4 Å². The van der Waals surface area contributed by atoms with Crippen LogP contribution in [0.3, 0.4) is 0 Å². The van der Waals surface area contributed by atoms with Crippen LogP contribution in [0.1, 0.15) is 26.4 Å². The molecule has 1 N–H and O–H groups in total. The summed E-state index contributed by atoms with van der Waals surface area (Å²) >= 11 is 13.3. The van der Waals surface area contributed by atoms with Crippen LogP contribution in [0.2, 0.25) is 10.0 Å². The van der Waals surface area contributed by atoms with Gasteiger partial charge in [-0.2, -0.15) is 5.10 Å². The molecule has 4 aromatic rings. The smallest absolute Gasteiger partial charge is 0.281 e. The Morgan fingerprint density at radius 1 is 1.16 bits per heavy atom. The van der Waals surface area contributed by atoms with Gasteiger partial charge in [0.15, 0.2) is 11.5 Å². The van der Waals surface area contributed by atoms with Gasteiger partial charge in [-0.05, 0) is 53.9 Å². The molecule has 1 heterocycles. The van der Waals surface area contributed by atoms with E-state index in [1.807, 2.05) is 12.1 Å². The second-order valence-corrected chi connectivity index (χ2v) is 9.93. The highest BCUT2D eigenvalue weighted by Gasteiger charge is 2.15. The molecule has 1 amide bonds. The Bertz CT molecular complexity index is 1570. The highest BCUT2D eigenvalue weighted by Crippen LogP contribution is 2.34. The third kappa shape index (κ3) is 6.31. The van der Waals surface area contributed by atoms with Crippen molar-refractivity contribution in [3.8, 4) is 11.5 Å². The summed E-state index contributed by atoms with van der Waals surface area (Å²) in [4.78, 5) is 23.5. The Hall–Kier alpha value is -3.92. The zero-order valence-corrected chi connectivity index (χ0v) is 22.4. The van der Waals surface area contributed by atoms with Crippen molar-refractivity contribution in [2.45, 2.75) is 13.0 Å². The van der Waals surface area contributed by atoms with E-state index in [4.69, 9.17) is 32.7 Å². The van der Waals surface area contributed by atoms with Gasteiger partial charge in [0.25, 0.3) is 11.6 Å². The summed E-state index contributed by atoms with van der Waals surface area (Å²) in [7, 11) is 1.54. The monoisotopic (exact) mass is 569 g/mol. The zero-order chi connectivity index (χ0) is 27.2. The molecule has 1 aromatic heterocycles. The fraction of sp³-hybridized carbons (Fsp3) is 0.111. The maximum absolute atomic E-state index is 12.6. The largest absolute Gasteiger partial charge is 0.493 e. The lowest BCUT2D eigenvalue weighted by Crippen LogP contribution is -2.16. The third-order valence-electron chi connectivity index (χ3n) is 5.42. The lowest BCUT2D eigenvalue weighted by Gasteiger charge is -2.16. The average molecular weight is 570 g/mol. The summed E-state index contributed by atoms with van der Waals surface area (Å²) in [5.41, 5.74) is 4.80. The second kappa shape index (κ2) is 12.1. The summed E-state index contributed by atoms with van der Waals surface area (Å²) in [5.74, 6) is 0.618. The van der Waals surface area contributed by atoms with Crippen LogP contribution in [0, 0.1) is 10.1 Å². The Balaban J connectivity index is 1.50. The number of rotatable bonds is 10. The van der Waals surface area contributed by atoms with Gasteiger partial charge in [0.05, 0.1) is 33.2 Å². The van der Waals surface area contributed by atoms with Gasteiger partial charge in [-0.3, -0.25) is 14.9 Å². The number of hydrogen-bond acceptors (Lipinski definition) is 7. The first-order valence-electron chi connectivity index (χ1n) is 11.2. The second-order valence-electron chi connectivity index (χ2n) is 8.03. The van der Waals surface area contributed by atoms with Crippen molar-refractivity contribution in [2.75, 3.05) is 7.11 Å². The van der Waals surface area contributed by atoms with E-state index in [9.17, 15) is 14.9 Å². The molecule has 194 valence electrons. The van der Waals surface area contributed by atoms with E-state index in [1.54, 1.807) is 36.4 Å². The van der Waals surface area contributed by atoms with Crippen molar-refractivity contribution in [3.05, 3.63) is 109 Å². The normalized spacial score (nSPS) is 11.0. The first kappa shape index (κ1) is 27.1. The van der Waals surface area contributed by atoms with E-state index < -0.39 is 10.8 Å². The van der Waals surface area contributed by atoms with E-state index in [-0.39, 0.29) is 12.3 Å². The first-order chi connectivity index (χ1) is 18.3. The minimum Gasteiger partial charge on any atom is -0.493 e. The van der Waals surface area contributed by atoms with E-state index in [0.717, 1.165) is 15.8 Å². The molecule has 4 rings (SSSR count). The summed E-state index contributed by atoms with van der Waals surface area (Å²) in [6, 6.07) is 14.9.